The number of aromatic hydroxyl groups is 1. The van der Waals surface area contributed by atoms with Crippen molar-refractivity contribution in [3.05, 3.63) is 28.8 Å². The lowest BCUT2D eigenvalue weighted by atomic mass is 9.82. The number of aldehydes is 1. The van der Waals surface area contributed by atoms with Gasteiger partial charge in [-0.05, 0) is 29.0 Å². The van der Waals surface area contributed by atoms with Crippen molar-refractivity contribution in [1.29, 1.82) is 0 Å². The zero-order valence-corrected chi connectivity index (χ0v) is 10.7. The molecule has 0 spiro atoms. The minimum Gasteiger partial charge on any atom is -0.507 e. The van der Waals surface area contributed by atoms with E-state index in [1.54, 1.807) is 12.1 Å². The van der Waals surface area contributed by atoms with Gasteiger partial charge in [0.15, 0.2) is 0 Å². The molecule has 0 aliphatic heterocycles. The molecule has 0 amide bonds. The molecule has 0 fully saturated rings. The van der Waals surface area contributed by atoms with Gasteiger partial charge < -0.3 is 5.11 Å². The first-order chi connectivity index (χ1) is 7.27. The van der Waals surface area contributed by atoms with E-state index in [1.165, 1.54) is 0 Å². The molecular formula is C14H20O2. The zero-order chi connectivity index (χ0) is 12.5. The number of carbonyl (C=O) groups excluding carboxylic acids is 1. The largest absolute Gasteiger partial charge is 0.507 e. The molecule has 1 aromatic rings. The Kier molecular flexibility index (Phi) is 3.41. The predicted molar refractivity (Wildman–Crippen MR) is 66.3 cm³/mol. The lowest BCUT2D eigenvalue weighted by Crippen LogP contribution is -2.13. The second-order valence-electron chi connectivity index (χ2n) is 5.53. The molecule has 88 valence electrons. The van der Waals surface area contributed by atoms with Crippen LogP contribution in [0.25, 0.3) is 0 Å². The standard InChI is InChI=1S/C14H20O2/c1-9(2)11-6-10(8-15)7-12(13(11)16)14(3,4)5/h6-9,16H,1-5H3. The van der Waals surface area contributed by atoms with Crippen molar-refractivity contribution in [3.8, 4) is 5.75 Å². The van der Waals surface area contributed by atoms with Crippen molar-refractivity contribution in [2.24, 2.45) is 0 Å². The summed E-state index contributed by atoms with van der Waals surface area (Å²) < 4.78 is 0. The van der Waals surface area contributed by atoms with Gasteiger partial charge in [-0.25, -0.2) is 0 Å². The van der Waals surface area contributed by atoms with E-state index in [9.17, 15) is 9.90 Å². The second kappa shape index (κ2) is 4.28. The van der Waals surface area contributed by atoms with Crippen molar-refractivity contribution in [2.45, 2.75) is 46.0 Å². The third-order valence-electron chi connectivity index (χ3n) is 2.73. The fraction of sp³-hybridized carbons (Fsp3) is 0.500. The van der Waals surface area contributed by atoms with Gasteiger partial charge in [-0.3, -0.25) is 4.79 Å². The maximum atomic E-state index is 10.9. The Hall–Kier alpha value is -1.31. The Labute approximate surface area is 97.3 Å². The van der Waals surface area contributed by atoms with Crippen LogP contribution in [-0.2, 0) is 5.41 Å². The van der Waals surface area contributed by atoms with Crippen LogP contribution in [-0.4, -0.2) is 11.4 Å². The molecule has 0 bridgehead atoms. The quantitative estimate of drug-likeness (QED) is 0.773. The molecule has 0 aliphatic rings. The zero-order valence-electron chi connectivity index (χ0n) is 10.7. The minimum atomic E-state index is -0.160. The topological polar surface area (TPSA) is 37.3 Å². The second-order valence-corrected chi connectivity index (χ2v) is 5.53. The van der Waals surface area contributed by atoms with Gasteiger partial charge in [-0.2, -0.15) is 0 Å². The van der Waals surface area contributed by atoms with Gasteiger partial charge in [-0.15, -0.1) is 0 Å². The third-order valence-corrected chi connectivity index (χ3v) is 2.73. The van der Waals surface area contributed by atoms with Gasteiger partial charge in [-0.1, -0.05) is 34.6 Å². The number of carbonyl (C=O) groups is 1. The van der Waals surface area contributed by atoms with Gasteiger partial charge in [0.2, 0.25) is 0 Å². The first-order valence-corrected chi connectivity index (χ1v) is 5.60. The monoisotopic (exact) mass is 220 g/mol. The van der Waals surface area contributed by atoms with Crippen LogP contribution in [0.2, 0.25) is 0 Å². The summed E-state index contributed by atoms with van der Waals surface area (Å²) in [5.41, 5.74) is 2.15. The van der Waals surface area contributed by atoms with Crippen molar-refractivity contribution in [1.82, 2.24) is 0 Å². The van der Waals surface area contributed by atoms with E-state index >= 15 is 0 Å². The Balaban J connectivity index is 3.49. The highest BCUT2D eigenvalue weighted by atomic mass is 16.3. The molecule has 1 aromatic carbocycles. The smallest absolute Gasteiger partial charge is 0.150 e. The molecule has 2 heteroatoms. The van der Waals surface area contributed by atoms with Crippen molar-refractivity contribution >= 4 is 6.29 Å². The fourth-order valence-corrected chi connectivity index (χ4v) is 1.76. The van der Waals surface area contributed by atoms with Gasteiger partial charge in [0.25, 0.3) is 0 Å². The molecular weight excluding hydrogens is 200 g/mol. The van der Waals surface area contributed by atoms with E-state index in [1.807, 2.05) is 34.6 Å². The van der Waals surface area contributed by atoms with Gasteiger partial charge >= 0.3 is 0 Å². The number of benzene rings is 1. The molecule has 16 heavy (non-hydrogen) atoms. The minimum absolute atomic E-state index is 0.160. The van der Waals surface area contributed by atoms with Crippen molar-refractivity contribution < 1.29 is 9.90 Å². The first-order valence-electron chi connectivity index (χ1n) is 5.60. The van der Waals surface area contributed by atoms with E-state index in [0.717, 1.165) is 17.4 Å². The Morgan fingerprint density at radius 1 is 1.25 bits per heavy atom. The summed E-state index contributed by atoms with van der Waals surface area (Å²) in [5.74, 6) is 0.536. The maximum Gasteiger partial charge on any atom is 0.150 e. The Morgan fingerprint density at radius 3 is 2.19 bits per heavy atom. The van der Waals surface area contributed by atoms with Crippen LogP contribution in [0, 0.1) is 0 Å². The number of hydrogen-bond donors (Lipinski definition) is 1. The first kappa shape index (κ1) is 12.8. The molecule has 0 heterocycles. The van der Waals surface area contributed by atoms with E-state index in [2.05, 4.69) is 0 Å². The molecule has 0 aliphatic carbocycles. The number of hydrogen-bond acceptors (Lipinski definition) is 2. The van der Waals surface area contributed by atoms with Crippen molar-refractivity contribution in [3.63, 3.8) is 0 Å². The van der Waals surface area contributed by atoms with Crippen LogP contribution in [0.4, 0.5) is 0 Å². The average molecular weight is 220 g/mol. The molecule has 1 rings (SSSR count). The molecule has 0 atom stereocenters. The van der Waals surface area contributed by atoms with Crippen LogP contribution in [0.3, 0.4) is 0 Å². The van der Waals surface area contributed by atoms with Crippen LogP contribution in [0.15, 0.2) is 12.1 Å². The summed E-state index contributed by atoms with van der Waals surface area (Å²) in [6.07, 6.45) is 0.834. The average Bonchev–Trinajstić information content (AvgIpc) is 2.15. The van der Waals surface area contributed by atoms with Crippen LogP contribution in [0.5, 0.6) is 5.75 Å². The summed E-state index contributed by atoms with van der Waals surface area (Å²) in [5, 5.41) is 10.2. The van der Waals surface area contributed by atoms with Crippen molar-refractivity contribution in [2.75, 3.05) is 0 Å². The molecule has 2 nitrogen and oxygen atoms in total. The summed E-state index contributed by atoms with van der Waals surface area (Å²) in [6, 6.07) is 3.54. The highest BCUT2D eigenvalue weighted by Crippen LogP contribution is 2.37. The molecule has 0 unspecified atom stereocenters. The van der Waals surface area contributed by atoms with E-state index in [-0.39, 0.29) is 11.3 Å². The number of rotatable bonds is 2. The lowest BCUT2D eigenvalue weighted by molar-refractivity contribution is 0.112. The molecule has 0 saturated heterocycles. The predicted octanol–water partition coefficient (Wildman–Crippen LogP) is 3.63. The van der Waals surface area contributed by atoms with Crippen LogP contribution in [0.1, 0.15) is 62.0 Å². The molecule has 0 saturated carbocycles. The SMILES string of the molecule is CC(C)c1cc(C=O)cc(C(C)(C)C)c1O. The lowest BCUT2D eigenvalue weighted by Gasteiger charge is -2.23. The maximum absolute atomic E-state index is 10.9. The fourth-order valence-electron chi connectivity index (χ4n) is 1.76. The van der Waals surface area contributed by atoms with Gasteiger partial charge in [0.05, 0.1) is 0 Å². The van der Waals surface area contributed by atoms with E-state index in [0.29, 0.717) is 11.3 Å². The van der Waals surface area contributed by atoms with E-state index in [4.69, 9.17) is 0 Å². The molecule has 0 radical (unpaired) electrons. The highest BCUT2D eigenvalue weighted by Gasteiger charge is 2.22. The summed E-state index contributed by atoms with van der Waals surface area (Å²) in [4.78, 5) is 10.9. The Morgan fingerprint density at radius 2 is 1.81 bits per heavy atom. The number of phenolic OH excluding ortho intramolecular Hbond substituents is 1. The third kappa shape index (κ3) is 2.43. The van der Waals surface area contributed by atoms with Crippen LogP contribution < -0.4 is 0 Å². The summed E-state index contributed by atoms with van der Waals surface area (Å²) in [7, 11) is 0. The molecule has 0 aromatic heterocycles. The van der Waals surface area contributed by atoms with Gasteiger partial charge in [0, 0.05) is 11.1 Å². The Bertz CT molecular complexity index is 398. The normalized spacial score (nSPS) is 11.9. The summed E-state index contributed by atoms with van der Waals surface area (Å²) >= 11 is 0. The van der Waals surface area contributed by atoms with E-state index < -0.39 is 0 Å². The highest BCUT2D eigenvalue weighted by molar-refractivity contribution is 5.77. The number of phenols is 1. The molecule has 1 N–H and O–H groups in total. The van der Waals surface area contributed by atoms with Crippen LogP contribution >= 0.6 is 0 Å². The van der Waals surface area contributed by atoms with Gasteiger partial charge in [0.1, 0.15) is 12.0 Å². The summed E-state index contributed by atoms with van der Waals surface area (Å²) in [6.45, 7) is 10.1.